The third-order valence-corrected chi connectivity index (χ3v) is 5.05. The van der Waals surface area contributed by atoms with E-state index >= 15 is 0 Å². The normalized spacial score (nSPS) is 13.6. The molecule has 1 aromatic carbocycles. The van der Waals surface area contributed by atoms with Gasteiger partial charge in [-0.2, -0.15) is 0 Å². The standard InChI is InChI=1S/C17H21N5O2S/c1-10-4-7-13(11(2)8-10)18-16(24)19-14(23)9-25-17-21-20-15(22(17)3)12-5-6-12/h4,7-8,12H,5-6,9H2,1-3H3,(H2,18,19,23,24). The molecule has 3 amide bonds. The van der Waals surface area contributed by atoms with Gasteiger partial charge < -0.3 is 9.88 Å². The molecule has 1 aliphatic rings. The Kier molecular flexibility index (Phi) is 5.08. The van der Waals surface area contributed by atoms with Crippen LogP contribution in [0.2, 0.25) is 0 Å². The van der Waals surface area contributed by atoms with Gasteiger partial charge in [-0.15, -0.1) is 10.2 Å². The van der Waals surface area contributed by atoms with Crippen LogP contribution >= 0.6 is 11.8 Å². The number of carbonyl (C=O) groups excluding carboxylic acids is 2. The summed E-state index contributed by atoms with van der Waals surface area (Å²) >= 11 is 1.27. The van der Waals surface area contributed by atoms with Crippen LogP contribution in [-0.4, -0.2) is 32.5 Å². The van der Waals surface area contributed by atoms with E-state index in [9.17, 15) is 9.59 Å². The van der Waals surface area contributed by atoms with E-state index in [-0.39, 0.29) is 11.7 Å². The summed E-state index contributed by atoms with van der Waals surface area (Å²) in [5.74, 6) is 1.21. The summed E-state index contributed by atoms with van der Waals surface area (Å²) in [6.45, 7) is 3.89. The number of anilines is 1. The SMILES string of the molecule is Cc1ccc(NC(=O)NC(=O)CSc2nnc(C3CC3)n2C)c(C)c1. The molecule has 0 bridgehead atoms. The molecule has 0 radical (unpaired) electrons. The minimum Gasteiger partial charge on any atom is -0.309 e. The quantitative estimate of drug-likeness (QED) is 0.801. The number of aryl methyl sites for hydroxylation is 2. The van der Waals surface area contributed by atoms with E-state index < -0.39 is 6.03 Å². The lowest BCUT2D eigenvalue weighted by Gasteiger charge is -2.09. The van der Waals surface area contributed by atoms with Crippen molar-refractivity contribution in [2.75, 3.05) is 11.1 Å². The van der Waals surface area contributed by atoms with Gasteiger partial charge in [-0.25, -0.2) is 4.79 Å². The molecule has 1 heterocycles. The van der Waals surface area contributed by atoms with Crippen LogP contribution < -0.4 is 10.6 Å². The highest BCUT2D eigenvalue weighted by Crippen LogP contribution is 2.39. The fourth-order valence-electron chi connectivity index (χ4n) is 2.55. The topological polar surface area (TPSA) is 88.9 Å². The van der Waals surface area contributed by atoms with Gasteiger partial charge in [-0.05, 0) is 38.3 Å². The maximum absolute atomic E-state index is 12.0. The number of nitrogens with one attached hydrogen (secondary N) is 2. The summed E-state index contributed by atoms with van der Waals surface area (Å²) in [5, 5.41) is 14.0. The second-order valence-electron chi connectivity index (χ2n) is 6.28. The van der Waals surface area contributed by atoms with Crippen LogP contribution in [-0.2, 0) is 11.8 Å². The number of imide groups is 1. The Balaban J connectivity index is 1.49. The van der Waals surface area contributed by atoms with Crippen molar-refractivity contribution in [1.29, 1.82) is 0 Å². The number of rotatable bonds is 5. The molecule has 8 heteroatoms. The van der Waals surface area contributed by atoms with Gasteiger partial charge in [0, 0.05) is 18.7 Å². The molecule has 0 saturated heterocycles. The van der Waals surface area contributed by atoms with Gasteiger partial charge in [0.25, 0.3) is 0 Å². The summed E-state index contributed by atoms with van der Waals surface area (Å²) in [7, 11) is 1.90. The van der Waals surface area contributed by atoms with Crippen molar-refractivity contribution in [3.63, 3.8) is 0 Å². The van der Waals surface area contributed by atoms with E-state index in [0.717, 1.165) is 29.8 Å². The number of amides is 3. The predicted octanol–water partition coefficient (Wildman–Crippen LogP) is 2.75. The average molecular weight is 359 g/mol. The zero-order chi connectivity index (χ0) is 18.0. The maximum atomic E-state index is 12.0. The summed E-state index contributed by atoms with van der Waals surface area (Å²) in [6.07, 6.45) is 2.30. The number of aromatic nitrogens is 3. The number of hydrogen-bond donors (Lipinski definition) is 2. The Morgan fingerprint density at radius 3 is 2.72 bits per heavy atom. The molecule has 25 heavy (non-hydrogen) atoms. The molecule has 132 valence electrons. The highest BCUT2D eigenvalue weighted by Gasteiger charge is 2.29. The molecule has 2 N–H and O–H groups in total. The number of hydrogen-bond acceptors (Lipinski definition) is 5. The van der Waals surface area contributed by atoms with Crippen LogP contribution in [0.25, 0.3) is 0 Å². The van der Waals surface area contributed by atoms with Crippen LogP contribution in [0.1, 0.15) is 35.7 Å². The lowest BCUT2D eigenvalue weighted by atomic mass is 10.1. The Morgan fingerprint density at radius 2 is 2.04 bits per heavy atom. The highest BCUT2D eigenvalue weighted by molar-refractivity contribution is 7.99. The third-order valence-electron chi connectivity index (χ3n) is 4.03. The van der Waals surface area contributed by atoms with Crippen molar-refractivity contribution >= 4 is 29.4 Å². The van der Waals surface area contributed by atoms with E-state index in [2.05, 4.69) is 20.8 Å². The maximum Gasteiger partial charge on any atom is 0.325 e. The van der Waals surface area contributed by atoms with Crippen molar-refractivity contribution in [2.45, 2.75) is 37.8 Å². The molecule has 0 aliphatic heterocycles. The van der Waals surface area contributed by atoms with Crippen molar-refractivity contribution in [3.8, 4) is 0 Å². The first-order chi connectivity index (χ1) is 11.9. The average Bonchev–Trinajstić information content (AvgIpc) is 3.32. The minimum atomic E-state index is -0.533. The van der Waals surface area contributed by atoms with Crippen molar-refractivity contribution < 1.29 is 9.59 Å². The molecule has 0 unspecified atom stereocenters. The van der Waals surface area contributed by atoms with Gasteiger partial charge >= 0.3 is 6.03 Å². The van der Waals surface area contributed by atoms with Gasteiger partial charge in [0.1, 0.15) is 5.82 Å². The van der Waals surface area contributed by atoms with E-state index in [1.54, 1.807) is 0 Å². The predicted molar refractivity (Wildman–Crippen MR) is 96.8 cm³/mol. The van der Waals surface area contributed by atoms with Crippen molar-refractivity contribution in [3.05, 3.63) is 35.2 Å². The first-order valence-electron chi connectivity index (χ1n) is 8.14. The Morgan fingerprint density at radius 1 is 1.28 bits per heavy atom. The van der Waals surface area contributed by atoms with Crippen LogP contribution in [0.3, 0.4) is 0 Å². The van der Waals surface area contributed by atoms with Crippen molar-refractivity contribution in [2.24, 2.45) is 7.05 Å². The van der Waals surface area contributed by atoms with Gasteiger partial charge in [0.05, 0.1) is 5.75 Å². The number of thioether (sulfide) groups is 1. The largest absolute Gasteiger partial charge is 0.325 e. The molecule has 1 aromatic heterocycles. The molecule has 1 saturated carbocycles. The van der Waals surface area contributed by atoms with Gasteiger partial charge in [-0.1, -0.05) is 29.5 Å². The number of benzene rings is 1. The Hall–Kier alpha value is -2.35. The second kappa shape index (κ2) is 7.26. The van der Waals surface area contributed by atoms with Gasteiger partial charge in [0.15, 0.2) is 5.16 Å². The number of carbonyl (C=O) groups is 2. The van der Waals surface area contributed by atoms with E-state index in [1.807, 2.05) is 43.7 Å². The molecular weight excluding hydrogens is 338 g/mol. The summed E-state index contributed by atoms with van der Waals surface area (Å²) in [4.78, 5) is 23.9. The van der Waals surface area contributed by atoms with Crippen LogP contribution in [0.5, 0.6) is 0 Å². The van der Waals surface area contributed by atoms with Gasteiger partial charge in [-0.3, -0.25) is 10.1 Å². The minimum absolute atomic E-state index is 0.108. The first kappa shape index (κ1) is 17.5. The zero-order valence-electron chi connectivity index (χ0n) is 14.5. The van der Waals surface area contributed by atoms with E-state index in [4.69, 9.17) is 0 Å². The van der Waals surface area contributed by atoms with Crippen LogP contribution in [0.15, 0.2) is 23.4 Å². The number of urea groups is 1. The molecular formula is C17H21N5O2S. The summed E-state index contributed by atoms with van der Waals surface area (Å²) < 4.78 is 1.92. The summed E-state index contributed by atoms with van der Waals surface area (Å²) in [6, 6.07) is 5.17. The Labute approximate surface area is 150 Å². The monoisotopic (exact) mass is 359 g/mol. The molecule has 0 atom stereocenters. The second-order valence-corrected chi connectivity index (χ2v) is 7.23. The molecule has 3 rings (SSSR count). The third kappa shape index (κ3) is 4.39. The fraction of sp³-hybridized carbons (Fsp3) is 0.412. The van der Waals surface area contributed by atoms with Crippen LogP contribution in [0, 0.1) is 13.8 Å². The molecule has 1 fully saturated rings. The molecule has 2 aromatic rings. The molecule has 1 aliphatic carbocycles. The number of nitrogens with zero attached hydrogens (tertiary/aromatic N) is 3. The molecule has 7 nitrogen and oxygen atoms in total. The van der Waals surface area contributed by atoms with Crippen molar-refractivity contribution in [1.82, 2.24) is 20.1 Å². The Bertz CT molecular complexity index is 813. The van der Waals surface area contributed by atoms with Gasteiger partial charge in [0.2, 0.25) is 5.91 Å². The van der Waals surface area contributed by atoms with E-state index in [1.165, 1.54) is 11.8 Å². The zero-order valence-corrected chi connectivity index (χ0v) is 15.3. The lowest BCUT2D eigenvalue weighted by molar-refractivity contribution is -0.117. The smallest absolute Gasteiger partial charge is 0.309 e. The first-order valence-corrected chi connectivity index (χ1v) is 9.13. The molecule has 0 spiro atoms. The van der Waals surface area contributed by atoms with E-state index in [0.29, 0.717) is 16.8 Å². The lowest BCUT2D eigenvalue weighted by Crippen LogP contribution is -2.35. The fourth-order valence-corrected chi connectivity index (χ4v) is 3.27. The summed E-state index contributed by atoms with van der Waals surface area (Å²) in [5.41, 5.74) is 2.75. The highest BCUT2D eigenvalue weighted by atomic mass is 32.2. The van der Waals surface area contributed by atoms with Crippen LogP contribution in [0.4, 0.5) is 10.5 Å².